The molecule has 7 heteroatoms. The number of carbonyl (C=O) groups is 1. The number of hydrogen-bond acceptors (Lipinski definition) is 5. The van der Waals surface area contributed by atoms with E-state index in [1.807, 2.05) is 29.6 Å². The van der Waals surface area contributed by atoms with Gasteiger partial charge in [-0.15, -0.1) is 11.3 Å². The normalized spacial score (nSPS) is 11.0. The lowest BCUT2D eigenvalue weighted by molar-refractivity contribution is 0.0946. The van der Waals surface area contributed by atoms with E-state index in [-0.39, 0.29) is 5.91 Å². The summed E-state index contributed by atoms with van der Waals surface area (Å²) in [7, 11) is 0. The minimum absolute atomic E-state index is 0.134. The second-order valence-electron chi connectivity index (χ2n) is 5.82. The lowest BCUT2D eigenvalue weighted by atomic mass is 10.1. The molecule has 0 atom stereocenters. The predicted molar refractivity (Wildman–Crippen MR) is 92.9 cm³/mol. The number of amides is 1. The van der Waals surface area contributed by atoms with Crippen LogP contribution in [0.15, 0.2) is 42.3 Å². The number of benzene rings is 1. The van der Waals surface area contributed by atoms with Gasteiger partial charge in [-0.1, -0.05) is 38.1 Å². The molecule has 0 aliphatic carbocycles. The first-order valence-electron chi connectivity index (χ1n) is 7.75. The van der Waals surface area contributed by atoms with E-state index in [4.69, 9.17) is 0 Å². The minimum atomic E-state index is -0.134. The SMILES string of the molecule is CC(C)c1nc(C(=O)NCc2ccc(Cn3cncn3)cc2)cs1. The molecule has 3 aromatic rings. The minimum Gasteiger partial charge on any atom is -0.347 e. The lowest BCUT2D eigenvalue weighted by Crippen LogP contribution is -2.23. The van der Waals surface area contributed by atoms with Crippen LogP contribution >= 0.6 is 11.3 Å². The Morgan fingerprint density at radius 2 is 2.00 bits per heavy atom. The van der Waals surface area contributed by atoms with E-state index in [0.717, 1.165) is 16.1 Å². The number of carbonyl (C=O) groups excluding carboxylic acids is 1. The maximum atomic E-state index is 12.1. The van der Waals surface area contributed by atoms with E-state index in [9.17, 15) is 4.79 Å². The molecular formula is C17H19N5OS. The summed E-state index contributed by atoms with van der Waals surface area (Å²) in [4.78, 5) is 20.4. The zero-order chi connectivity index (χ0) is 16.9. The molecule has 2 aromatic heterocycles. The Morgan fingerprint density at radius 1 is 1.25 bits per heavy atom. The van der Waals surface area contributed by atoms with Crippen LogP contribution in [-0.4, -0.2) is 25.7 Å². The summed E-state index contributed by atoms with van der Waals surface area (Å²) in [5.41, 5.74) is 2.67. The van der Waals surface area contributed by atoms with E-state index in [2.05, 4.69) is 34.2 Å². The zero-order valence-corrected chi connectivity index (χ0v) is 14.5. The van der Waals surface area contributed by atoms with Crippen LogP contribution < -0.4 is 5.32 Å². The third-order valence-electron chi connectivity index (χ3n) is 3.54. The number of nitrogens with zero attached hydrogens (tertiary/aromatic N) is 4. The molecule has 0 radical (unpaired) electrons. The molecule has 0 aliphatic heterocycles. The quantitative estimate of drug-likeness (QED) is 0.748. The first-order chi connectivity index (χ1) is 11.6. The molecule has 124 valence electrons. The summed E-state index contributed by atoms with van der Waals surface area (Å²) in [6.45, 7) is 5.31. The fourth-order valence-electron chi connectivity index (χ4n) is 2.19. The van der Waals surface area contributed by atoms with E-state index >= 15 is 0 Å². The largest absolute Gasteiger partial charge is 0.347 e. The lowest BCUT2D eigenvalue weighted by Gasteiger charge is -2.06. The Kier molecular flexibility index (Phi) is 5.00. The Hall–Kier alpha value is -2.54. The van der Waals surface area contributed by atoms with Crippen molar-refractivity contribution in [3.63, 3.8) is 0 Å². The van der Waals surface area contributed by atoms with Gasteiger partial charge in [-0.3, -0.25) is 4.79 Å². The standard InChI is InChI=1S/C17H19N5OS/c1-12(2)17-21-15(9-24-17)16(23)19-7-13-3-5-14(6-4-13)8-22-11-18-10-20-22/h3-6,9-12H,7-8H2,1-2H3,(H,19,23). The molecule has 1 aromatic carbocycles. The molecule has 0 spiro atoms. The van der Waals surface area contributed by atoms with E-state index < -0.39 is 0 Å². The number of rotatable bonds is 6. The van der Waals surface area contributed by atoms with Crippen LogP contribution in [0.5, 0.6) is 0 Å². The van der Waals surface area contributed by atoms with Gasteiger partial charge in [0.1, 0.15) is 18.3 Å². The van der Waals surface area contributed by atoms with Crippen molar-refractivity contribution in [1.29, 1.82) is 0 Å². The van der Waals surface area contributed by atoms with Crippen LogP contribution in [0.1, 0.15) is 46.4 Å². The summed E-state index contributed by atoms with van der Waals surface area (Å²) < 4.78 is 1.77. The van der Waals surface area contributed by atoms with Gasteiger partial charge in [0.15, 0.2) is 0 Å². The molecular weight excluding hydrogens is 322 g/mol. The third-order valence-corrected chi connectivity index (χ3v) is 4.68. The second-order valence-corrected chi connectivity index (χ2v) is 6.71. The molecule has 2 heterocycles. The molecule has 0 aliphatic rings. The van der Waals surface area contributed by atoms with Gasteiger partial charge in [0.2, 0.25) is 0 Å². The first kappa shape index (κ1) is 16.3. The maximum Gasteiger partial charge on any atom is 0.271 e. The number of hydrogen-bond donors (Lipinski definition) is 1. The zero-order valence-electron chi connectivity index (χ0n) is 13.6. The fourth-order valence-corrected chi connectivity index (χ4v) is 3.01. The highest BCUT2D eigenvalue weighted by atomic mass is 32.1. The van der Waals surface area contributed by atoms with Gasteiger partial charge in [-0.25, -0.2) is 14.6 Å². The monoisotopic (exact) mass is 341 g/mol. The smallest absolute Gasteiger partial charge is 0.271 e. The van der Waals surface area contributed by atoms with Crippen molar-refractivity contribution in [3.8, 4) is 0 Å². The predicted octanol–water partition coefficient (Wildman–Crippen LogP) is 2.84. The average molecular weight is 341 g/mol. The Balaban J connectivity index is 1.55. The van der Waals surface area contributed by atoms with Crippen molar-refractivity contribution in [2.75, 3.05) is 0 Å². The number of aromatic nitrogens is 4. The topological polar surface area (TPSA) is 72.7 Å². The molecule has 1 N–H and O–H groups in total. The van der Waals surface area contributed by atoms with Crippen molar-refractivity contribution in [1.82, 2.24) is 25.1 Å². The molecule has 0 fully saturated rings. The van der Waals surface area contributed by atoms with E-state index in [0.29, 0.717) is 24.7 Å². The molecule has 3 rings (SSSR count). The Bertz CT molecular complexity index is 793. The van der Waals surface area contributed by atoms with Gasteiger partial charge in [-0.05, 0) is 11.1 Å². The molecule has 6 nitrogen and oxygen atoms in total. The maximum absolute atomic E-state index is 12.1. The van der Waals surface area contributed by atoms with Crippen molar-refractivity contribution in [2.24, 2.45) is 0 Å². The number of nitrogens with one attached hydrogen (secondary N) is 1. The van der Waals surface area contributed by atoms with Crippen molar-refractivity contribution < 1.29 is 4.79 Å². The molecule has 0 saturated carbocycles. The van der Waals surface area contributed by atoms with Crippen LogP contribution in [0.4, 0.5) is 0 Å². The molecule has 0 bridgehead atoms. The van der Waals surface area contributed by atoms with Gasteiger partial charge in [-0.2, -0.15) is 5.10 Å². The summed E-state index contributed by atoms with van der Waals surface area (Å²) in [6, 6.07) is 8.08. The van der Waals surface area contributed by atoms with E-state index in [1.165, 1.54) is 17.7 Å². The average Bonchev–Trinajstić information content (AvgIpc) is 3.25. The van der Waals surface area contributed by atoms with Crippen LogP contribution in [0.3, 0.4) is 0 Å². The van der Waals surface area contributed by atoms with Crippen molar-refractivity contribution in [3.05, 3.63) is 64.1 Å². The molecule has 24 heavy (non-hydrogen) atoms. The van der Waals surface area contributed by atoms with Gasteiger partial charge in [0.25, 0.3) is 5.91 Å². The summed E-state index contributed by atoms with van der Waals surface area (Å²) >= 11 is 1.53. The Labute approximate surface area is 144 Å². The Morgan fingerprint density at radius 3 is 2.62 bits per heavy atom. The van der Waals surface area contributed by atoms with Gasteiger partial charge >= 0.3 is 0 Å². The highest BCUT2D eigenvalue weighted by Gasteiger charge is 2.12. The van der Waals surface area contributed by atoms with Gasteiger partial charge in [0.05, 0.1) is 11.6 Å². The van der Waals surface area contributed by atoms with Crippen molar-refractivity contribution >= 4 is 17.2 Å². The molecule has 0 saturated heterocycles. The van der Waals surface area contributed by atoms with Crippen LogP contribution in [-0.2, 0) is 13.1 Å². The summed E-state index contributed by atoms with van der Waals surface area (Å²) in [6.07, 6.45) is 3.21. The summed E-state index contributed by atoms with van der Waals surface area (Å²) in [5.74, 6) is 0.207. The van der Waals surface area contributed by atoms with Crippen LogP contribution in [0.2, 0.25) is 0 Å². The fraction of sp³-hybridized carbons (Fsp3) is 0.294. The molecule has 1 amide bonds. The van der Waals surface area contributed by atoms with Crippen LogP contribution in [0, 0.1) is 0 Å². The van der Waals surface area contributed by atoms with E-state index in [1.54, 1.807) is 11.0 Å². The highest BCUT2D eigenvalue weighted by molar-refractivity contribution is 7.09. The highest BCUT2D eigenvalue weighted by Crippen LogP contribution is 2.19. The molecule has 0 unspecified atom stereocenters. The summed E-state index contributed by atoms with van der Waals surface area (Å²) in [5, 5.41) is 9.79. The van der Waals surface area contributed by atoms with Gasteiger partial charge in [0, 0.05) is 17.8 Å². The van der Waals surface area contributed by atoms with Crippen molar-refractivity contribution in [2.45, 2.75) is 32.9 Å². The van der Waals surface area contributed by atoms with Gasteiger partial charge < -0.3 is 5.32 Å². The van der Waals surface area contributed by atoms with Crippen LogP contribution in [0.25, 0.3) is 0 Å². The number of thiazole rings is 1. The third kappa shape index (κ3) is 4.05. The second kappa shape index (κ2) is 7.35. The first-order valence-corrected chi connectivity index (χ1v) is 8.63.